The van der Waals surface area contributed by atoms with Gasteiger partial charge in [0.2, 0.25) is 0 Å². The SMILES string of the molecule is CC(C)C1=CC(=O)[C@@](C)(O)[C@@H]2[C@H]1[C@@H]1C=C[C@H]2CC1. The molecule has 0 radical (unpaired) electrons. The molecule has 1 saturated carbocycles. The van der Waals surface area contributed by atoms with Crippen molar-refractivity contribution in [1.82, 2.24) is 0 Å². The molecular formula is C16H22O2. The smallest absolute Gasteiger partial charge is 0.187 e. The molecule has 4 aliphatic rings. The van der Waals surface area contributed by atoms with Gasteiger partial charge in [0.15, 0.2) is 5.78 Å². The van der Waals surface area contributed by atoms with Crippen LogP contribution in [0.1, 0.15) is 33.6 Å². The van der Waals surface area contributed by atoms with Gasteiger partial charge in [-0.3, -0.25) is 4.79 Å². The van der Waals surface area contributed by atoms with Crippen LogP contribution in [0.4, 0.5) is 0 Å². The second-order valence-corrected chi connectivity index (χ2v) is 6.65. The Morgan fingerprint density at radius 1 is 1.28 bits per heavy atom. The second kappa shape index (κ2) is 3.80. The monoisotopic (exact) mass is 246 g/mol. The summed E-state index contributed by atoms with van der Waals surface area (Å²) in [5.41, 5.74) is 0.0903. The minimum atomic E-state index is -1.17. The molecule has 0 spiro atoms. The number of hydrogen-bond donors (Lipinski definition) is 1. The van der Waals surface area contributed by atoms with Crippen molar-refractivity contribution in [3.8, 4) is 0 Å². The summed E-state index contributed by atoms with van der Waals surface area (Å²) in [5, 5.41) is 10.6. The van der Waals surface area contributed by atoms with Gasteiger partial charge in [0.25, 0.3) is 0 Å². The lowest BCUT2D eigenvalue weighted by Crippen LogP contribution is -2.56. The van der Waals surface area contributed by atoms with Crippen LogP contribution in [0.2, 0.25) is 0 Å². The van der Waals surface area contributed by atoms with E-state index in [-0.39, 0.29) is 11.7 Å². The Labute approximate surface area is 109 Å². The van der Waals surface area contributed by atoms with Crippen LogP contribution in [0.5, 0.6) is 0 Å². The van der Waals surface area contributed by atoms with Crippen LogP contribution >= 0.6 is 0 Å². The van der Waals surface area contributed by atoms with Gasteiger partial charge in [-0.2, -0.15) is 0 Å². The van der Waals surface area contributed by atoms with Crippen molar-refractivity contribution in [2.24, 2.45) is 29.6 Å². The highest BCUT2D eigenvalue weighted by Crippen LogP contribution is 2.55. The van der Waals surface area contributed by atoms with E-state index in [0.717, 1.165) is 6.42 Å². The maximum Gasteiger partial charge on any atom is 0.187 e. The van der Waals surface area contributed by atoms with Crippen molar-refractivity contribution < 1.29 is 9.90 Å². The summed E-state index contributed by atoms with van der Waals surface area (Å²) in [7, 11) is 0. The normalized spacial score (nSPS) is 46.3. The predicted molar refractivity (Wildman–Crippen MR) is 70.9 cm³/mol. The molecule has 0 aliphatic heterocycles. The largest absolute Gasteiger partial charge is 0.382 e. The number of ketones is 1. The summed E-state index contributed by atoms with van der Waals surface area (Å²) in [6.45, 7) is 6.03. The number of carbonyl (C=O) groups excluding carboxylic acids is 1. The van der Waals surface area contributed by atoms with Crippen LogP contribution in [0.3, 0.4) is 0 Å². The molecule has 4 aliphatic carbocycles. The summed E-state index contributed by atoms with van der Waals surface area (Å²) in [5.74, 6) is 1.67. The summed E-state index contributed by atoms with van der Waals surface area (Å²) >= 11 is 0. The van der Waals surface area contributed by atoms with E-state index in [9.17, 15) is 9.90 Å². The van der Waals surface area contributed by atoms with Crippen molar-refractivity contribution in [2.75, 3.05) is 0 Å². The molecule has 0 aromatic heterocycles. The topological polar surface area (TPSA) is 37.3 Å². The van der Waals surface area contributed by atoms with Crippen LogP contribution in [0.25, 0.3) is 0 Å². The first-order valence-corrected chi connectivity index (χ1v) is 7.09. The molecule has 2 bridgehead atoms. The highest BCUT2D eigenvalue weighted by Gasteiger charge is 2.55. The molecule has 1 N–H and O–H groups in total. The molecular weight excluding hydrogens is 224 g/mol. The van der Waals surface area contributed by atoms with E-state index >= 15 is 0 Å². The van der Waals surface area contributed by atoms with E-state index < -0.39 is 5.60 Å². The number of fused-ring (bicyclic) bond motifs is 1. The van der Waals surface area contributed by atoms with Gasteiger partial charge in [0.05, 0.1) is 0 Å². The average Bonchev–Trinajstić information content (AvgIpc) is 2.34. The van der Waals surface area contributed by atoms with Crippen molar-refractivity contribution >= 4 is 5.78 Å². The van der Waals surface area contributed by atoms with Crippen LogP contribution in [0, 0.1) is 29.6 Å². The lowest BCUT2D eigenvalue weighted by Gasteiger charge is -2.53. The summed E-state index contributed by atoms with van der Waals surface area (Å²) in [6, 6.07) is 0. The Balaban J connectivity index is 2.12. The van der Waals surface area contributed by atoms with Crippen molar-refractivity contribution in [1.29, 1.82) is 0 Å². The van der Waals surface area contributed by atoms with E-state index in [1.54, 1.807) is 13.0 Å². The molecule has 5 atom stereocenters. The molecule has 0 unspecified atom stereocenters. The number of rotatable bonds is 1. The van der Waals surface area contributed by atoms with Gasteiger partial charge >= 0.3 is 0 Å². The number of hydrogen-bond acceptors (Lipinski definition) is 2. The van der Waals surface area contributed by atoms with Crippen LogP contribution in [-0.2, 0) is 4.79 Å². The third kappa shape index (κ3) is 1.48. The summed E-state index contributed by atoms with van der Waals surface area (Å²) in [4.78, 5) is 12.2. The maximum atomic E-state index is 12.2. The lowest BCUT2D eigenvalue weighted by atomic mass is 9.52. The Morgan fingerprint density at radius 3 is 2.44 bits per heavy atom. The molecule has 2 heteroatoms. The maximum absolute atomic E-state index is 12.2. The fourth-order valence-corrected chi connectivity index (χ4v) is 4.32. The van der Waals surface area contributed by atoms with E-state index in [0.29, 0.717) is 23.7 Å². The van der Waals surface area contributed by atoms with E-state index in [1.807, 2.05) is 0 Å². The first-order valence-electron chi connectivity index (χ1n) is 7.09. The Morgan fingerprint density at radius 2 is 1.89 bits per heavy atom. The standard InChI is InChI=1S/C16H22O2/c1-9(2)12-8-13(17)16(3,18)15-11-6-4-10(5-7-11)14(12)15/h4,6,8-11,14-15,18H,5,7H2,1-3H3/t10-,11+,14+,15+,16-/m1/s1. The zero-order chi connectivity index (χ0) is 13.1. The second-order valence-electron chi connectivity index (χ2n) is 6.65. The van der Waals surface area contributed by atoms with Gasteiger partial charge < -0.3 is 5.11 Å². The fourth-order valence-electron chi connectivity index (χ4n) is 4.32. The van der Waals surface area contributed by atoms with Gasteiger partial charge in [0, 0.05) is 5.92 Å². The molecule has 18 heavy (non-hydrogen) atoms. The van der Waals surface area contributed by atoms with Crippen LogP contribution < -0.4 is 0 Å². The molecule has 4 rings (SSSR count). The van der Waals surface area contributed by atoms with Gasteiger partial charge in [-0.25, -0.2) is 0 Å². The Hall–Kier alpha value is -0.890. The van der Waals surface area contributed by atoms with Crippen molar-refractivity contribution in [2.45, 2.75) is 39.2 Å². The highest BCUT2D eigenvalue weighted by atomic mass is 16.3. The summed E-state index contributed by atoms with van der Waals surface area (Å²) in [6.07, 6.45) is 8.62. The van der Waals surface area contributed by atoms with Crippen LogP contribution in [0.15, 0.2) is 23.8 Å². The van der Waals surface area contributed by atoms with Gasteiger partial charge in [-0.1, -0.05) is 31.6 Å². The molecule has 0 saturated heterocycles. The average molecular weight is 246 g/mol. The number of carbonyl (C=O) groups is 1. The first kappa shape index (κ1) is 12.2. The molecule has 0 heterocycles. The zero-order valence-electron chi connectivity index (χ0n) is 11.4. The van der Waals surface area contributed by atoms with Gasteiger partial charge in [-0.05, 0) is 49.5 Å². The van der Waals surface area contributed by atoms with Gasteiger partial charge in [-0.15, -0.1) is 0 Å². The van der Waals surface area contributed by atoms with E-state index in [4.69, 9.17) is 0 Å². The summed E-state index contributed by atoms with van der Waals surface area (Å²) < 4.78 is 0. The van der Waals surface area contributed by atoms with Crippen molar-refractivity contribution in [3.05, 3.63) is 23.8 Å². The predicted octanol–water partition coefficient (Wildman–Crippen LogP) is 2.73. The number of aliphatic hydroxyl groups is 1. The third-order valence-corrected chi connectivity index (χ3v) is 5.25. The van der Waals surface area contributed by atoms with Crippen LogP contribution in [-0.4, -0.2) is 16.5 Å². The molecule has 0 aromatic rings. The minimum Gasteiger partial charge on any atom is -0.382 e. The van der Waals surface area contributed by atoms with Crippen molar-refractivity contribution in [3.63, 3.8) is 0 Å². The Kier molecular flexibility index (Phi) is 2.57. The van der Waals surface area contributed by atoms with Gasteiger partial charge in [0.1, 0.15) is 5.60 Å². The highest BCUT2D eigenvalue weighted by molar-refractivity contribution is 5.98. The molecule has 98 valence electrons. The Bertz CT molecular complexity index is 442. The molecule has 1 fully saturated rings. The number of allylic oxidation sites excluding steroid dienone is 3. The minimum absolute atomic E-state index is 0.0894. The molecule has 0 aromatic carbocycles. The van der Waals surface area contributed by atoms with E-state index in [2.05, 4.69) is 26.0 Å². The van der Waals surface area contributed by atoms with E-state index in [1.165, 1.54) is 12.0 Å². The third-order valence-electron chi connectivity index (χ3n) is 5.25. The fraction of sp³-hybridized carbons (Fsp3) is 0.688. The lowest BCUT2D eigenvalue weighted by molar-refractivity contribution is -0.146. The molecule has 2 nitrogen and oxygen atoms in total. The first-order chi connectivity index (χ1) is 8.43. The molecule has 0 amide bonds. The zero-order valence-corrected chi connectivity index (χ0v) is 11.4. The quantitative estimate of drug-likeness (QED) is 0.722.